The minimum atomic E-state index is -1.15. The van der Waals surface area contributed by atoms with Crippen LogP contribution in [0.15, 0.2) is 39.5 Å². The molecule has 2 N–H and O–H groups in total. The number of halogens is 2. The Labute approximate surface area is 168 Å². The van der Waals surface area contributed by atoms with E-state index in [1.54, 1.807) is 4.57 Å². The second-order valence-electron chi connectivity index (χ2n) is 5.57. The molecule has 1 amide bonds. The van der Waals surface area contributed by atoms with Crippen LogP contribution in [-0.4, -0.2) is 32.8 Å². The monoisotopic (exact) mass is 487 g/mol. The number of carbonyl (C=O) groups excluding carboxylic acids is 1. The number of benzene rings is 1. The Kier molecular flexibility index (Phi) is 7.65. The van der Waals surface area contributed by atoms with Crippen molar-refractivity contribution in [2.45, 2.75) is 39.0 Å². The lowest BCUT2D eigenvalue weighted by atomic mass is 10.2. The van der Waals surface area contributed by atoms with Crippen LogP contribution in [0, 0.1) is 0 Å². The Morgan fingerprint density at radius 2 is 2.00 bits per heavy atom. The lowest BCUT2D eigenvalue weighted by Gasteiger charge is -2.17. The van der Waals surface area contributed by atoms with Crippen LogP contribution in [0.1, 0.15) is 24.7 Å². The fourth-order valence-electron chi connectivity index (χ4n) is 2.32. The van der Waals surface area contributed by atoms with Crippen LogP contribution in [0.2, 0.25) is 0 Å². The van der Waals surface area contributed by atoms with E-state index in [0.717, 1.165) is 17.8 Å². The second kappa shape index (κ2) is 9.72. The van der Waals surface area contributed by atoms with Gasteiger partial charge in [0.2, 0.25) is 0 Å². The summed E-state index contributed by atoms with van der Waals surface area (Å²) in [7, 11) is 0. The van der Waals surface area contributed by atoms with Gasteiger partial charge in [-0.25, -0.2) is 14.6 Å². The molecule has 9 heteroatoms. The molecule has 0 radical (unpaired) electrons. The molecule has 1 unspecified atom stereocenters. The van der Waals surface area contributed by atoms with Crippen molar-refractivity contribution in [3.63, 3.8) is 0 Å². The number of rotatable bonds is 8. The third-order valence-electron chi connectivity index (χ3n) is 3.59. The van der Waals surface area contributed by atoms with Gasteiger partial charge in [-0.1, -0.05) is 37.3 Å². The number of nitrogens with one attached hydrogen (secondary N) is 1. The quantitative estimate of drug-likeness (QED) is 0.590. The number of hydrogen-bond donors (Lipinski definition) is 2. The lowest BCUT2D eigenvalue weighted by molar-refractivity contribution is -0.139. The molecule has 1 aromatic carbocycles. The molecule has 0 aliphatic rings. The maximum atomic E-state index is 12.0. The highest BCUT2D eigenvalue weighted by Crippen LogP contribution is 2.25. The second-order valence-corrected chi connectivity index (χ2v) is 7.07. The molecule has 140 valence electrons. The Bertz CT molecular complexity index is 765. The van der Waals surface area contributed by atoms with Gasteiger partial charge in [0.15, 0.2) is 0 Å². The van der Waals surface area contributed by atoms with E-state index >= 15 is 0 Å². The highest BCUT2D eigenvalue weighted by Gasteiger charge is 2.24. The summed E-state index contributed by atoms with van der Waals surface area (Å²) in [4.78, 5) is 27.9. The summed E-state index contributed by atoms with van der Waals surface area (Å²) in [6.45, 7) is 2.11. The van der Waals surface area contributed by atoms with Crippen LogP contribution in [-0.2, 0) is 29.1 Å². The van der Waals surface area contributed by atoms with Crippen LogP contribution in [0.4, 0.5) is 4.79 Å². The molecular weight excluding hydrogens is 470 g/mol. The molecule has 7 nitrogen and oxygen atoms in total. The predicted molar refractivity (Wildman–Crippen MR) is 103 cm³/mol. The zero-order valence-electron chi connectivity index (χ0n) is 14.1. The van der Waals surface area contributed by atoms with E-state index in [1.807, 2.05) is 37.3 Å². The molecular formula is C17H19Br2N3O4. The molecule has 0 spiro atoms. The number of aliphatic carboxylic acids is 1. The van der Waals surface area contributed by atoms with Crippen molar-refractivity contribution in [2.75, 3.05) is 0 Å². The van der Waals surface area contributed by atoms with Gasteiger partial charge < -0.3 is 19.7 Å². The van der Waals surface area contributed by atoms with Gasteiger partial charge in [-0.15, -0.1) is 0 Å². The predicted octanol–water partition coefficient (Wildman–Crippen LogP) is 3.74. The van der Waals surface area contributed by atoms with E-state index in [1.165, 1.54) is 0 Å². The highest BCUT2D eigenvalue weighted by molar-refractivity contribution is 9.13. The maximum Gasteiger partial charge on any atom is 0.408 e. The molecule has 0 aliphatic heterocycles. The van der Waals surface area contributed by atoms with Crippen molar-refractivity contribution in [1.29, 1.82) is 0 Å². The summed E-state index contributed by atoms with van der Waals surface area (Å²) in [6, 6.07) is 8.02. The maximum absolute atomic E-state index is 12.0. The fraction of sp³-hybridized carbons (Fsp3) is 0.353. The van der Waals surface area contributed by atoms with Crippen molar-refractivity contribution < 1.29 is 19.4 Å². The lowest BCUT2D eigenvalue weighted by Crippen LogP contribution is -2.44. The molecule has 1 heterocycles. The first-order valence-corrected chi connectivity index (χ1v) is 9.61. The Morgan fingerprint density at radius 1 is 1.31 bits per heavy atom. The third kappa shape index (κ3) is 5.57. The number of carbonyl (C=O) groups is 2. The summed E-state index contributed by atoms with van der Waals surface area (Å²) in [5.41, 5.74) is 0.820. The summed E-state index contributed by atoms with van der Waals surface area (Å²) in [5.74, 6) is -0.419. The average Bonchev–Trinajstić information content (AvgIpc) is 2.88. The number of alkyl carbamates (subject to hydrolysis) is 1. The normalized spacial score (nSPS) is 11.8. The van der Waals surface area contributed by atoms with E-state index in [9.17, 15) is 14.7 Å². The van der Waals surface area contributed by atoms with Crippen LogP contribution >= 0.6 is 31.9 Å². The van der Waals surface area contributed by atoms with E-state index < -0.39 is 18.1 Å². The van der Waals surface area contributed by atoms with Crippen LogP contribution in [0.3, 0.4) is 0 Å². The molecule has 0 bridgehead atoms. The van der Waals surface area contributed by atoms with Gasteiger partial charge in [0.25, 0.3) is 0 Å². The van der Waals surface area contributed by atoms with Crippen molar-refractivity contribution in [3.8, 4) is 0 Å². The number of aromatic nitrogens is 2. The number of nitrogens with zero attached hydrogens (tertiary/aromatic N) is 2. The molecule has 0 saturated heterocycles. The van der Waals surface area contributed by atoms with E-state index in [4.69, 9.17) is 4.74 Å². The number of carboxylic acid groups (broad SMARTS) is 1. The van der Waals surface area contributed by atoms with E-state index in [2.05, 4.69) is 42.2 Å². The SMILES string of the molecule is CCCc1nc(Br)c(Br)n1CC(NC(=O)OCc1ccccc1)C(=O)O. The fourth-order valence-corrected chi connectivity index (χ4v) is 3.18. The van der Waals surface area contributed by atoms with Gasteiger partial charge in [-0.3, -0.25) is 0 Å². The van der Waals surface area contributed by atoms with Crippen LogP contribution in [0.5, 0.6) is 0 Å². The zero-order chi connectivity index (χ0) is 19.1. The Morgan fingerprint density at radius 3 is 2.62 bits per heavy atom. The molecule has 0 aliphatic carbocycles. The van der Waals surface area contributed by atoms with Gasteiger partial charge >= 0.3 is 12.1 Å². The standard InChI is InChI=1S/C17H19Br2N3O4/c1-2-6-13-21-14(18)15(19)22(13)9-12(16(23)24)20-17(25)26-10-11-7-4-3-5-8-11/h3-5,7-8,12H,2,6,9-10H2,1H3,(H,20,25)(H,23,24). The summed E-state index contributed by atoms with van der Waals surface area (Å²) >= 11 is 6.72. The Balaban J connectivity index is 2.03. The molecule has 0 saturated carbocycles. The number of imidazole rings is 1. The van der Waals surface area contributed by atoms with Gasteiger partial charge in [0.1, 0.15) is 27.7 Å². The van der Waals surface area contributed by atoms with Crippen molar-refractivity contribution in [1.82, 2.24) is 14.9 Å². The molecule has 1 aromatic heterocycles. The Hall–Kier alpha value is -1.87. The van der Waals surface area contributed by atoms with Crippen molar-refractivity contribution in [3.05, 3.63) is 50.9 Å². The minimum Gasteiger partial charge on any atom is -0.480 e. The number of carboxylic acids is 1. The number of hydrogen-bond acceptors (Lipinski definition) is 4. The summed E-state index contributed by atoms with van der Waals surface area (Å²) < 4.78 is 8.05. The van der Waals surface area contributed by atoms with E-state index in [-0.39, 0.29) is 13.2 Å². The molecule has 2 rings (SSSR count). The number of ether oxygens (including phenoxy) is 1. The first kappa shape index (κ1) is 20.4. The van der Waals surface area contributed by atoms with Crippen LogP contribution in [0.25, 0.3) is 0 Å². The van der Waals surface area contributed by atoms with Crippen molar-refractivity contribution in [2.24, 2.45) is 0 Å². The molecule has 2 aromatic rings. The van der Waals surface area contributed by atoms with Gasteiger partial charge in [-0.2, -0.15) is 0 Å². The molecule has 1 atom stereocenters. The van der Waals surface area contributed by atoms with Gasteiger partial charge in [-0.05, 0) is 43.8 Å². The zero-order valence-corrected chi connectivity index (χ0v) is 17.3. The first-order chi connectivity index (χ1) is 12.4. The number of aryl methyl sites for hydroxylation is 1. The van der Waals surface area contributed by atoms with Gasteiger partial charge in [0.05, 0.1) is 6.54 Å². The minimum absolute atomic E-state index is 0.0320. The topological polar surface area (TPSA) is 93.5 Å². The summed E-state index contributed by atoms with van der Waals surface area (Å²) in [5, 5.41) is 11.9. The highest BCUT2D eigenvalue weighted by atomic mass is 79.9. The first-order valence-electron chi connectivity index (χ1n) is 8.02. The third-order valence-corrected chi connectivity index (χ3v) is 5.48. The number of amides is 1. The molecule has 0 fully saturated rings. The molecule has 26 heavy (non-hydrogen) atoms. The van der Waals surface area contributed by atoms with Gasteiger partial charge in [0, 0.05) is 6.42 Å². The average molecular weight is 489 g/mol. The smallest absolute Gasteiger partial charge is 0.408 e. The van der Waals surface area contributed by atoms with E-state index in [0.29, 0.717) is 15.6 Å². The summed E-state index contributed by atoms with van der Waals surface area (Å²) in [6.07, 6.45) is 0.767. The largest absolute Gasteiger partial charge is 0.480 e. The van der Waals surface area contributed by atoms with Crippen LogP contribution < -0.4 is 5.32 Å². The van der Waals surface area contributed by atoms with Crippen molar-refractivity contribution >= 4 is 43.9 Å².